The van der Waals surface area contributed by atoms with Gasteiger partial charge in [0.15, 0.2) is 11.6 Å². The number of alkyl halides is 1. The lowest BCUT2D eigenvalue weighted by molar-refractivity contribution is -0.147. The van der Waals surface area contributed by atoms with E-state index < -0.39 is 65.5 Å². The van der Waals surface area contributed by atoms with Crippen LogP contribution in [0.15, 0.2) is 31.0 Å². The average Bonchev–Trinajstić information content (AvgIpc) is 3.74. The van der Waals surface area contributed by atoms with E-state index in [1.165, 1.54) is 23.1 Å². The zero-order valence-corrected chi connectivity index (χ0v) is 23.2. The number of fused-ring (bicyclic) bond motifs is 6. The summed E-state index contributed by atoms with van der Waals surface area (Å²) in [5, 5.41) is 15.4. The molecule has 2 bridgehead atoms. The maximum atomic E-state index is 15.1. The number of halogens is 1. The molecule has 9 unspecified atom stereocenters. The molecule has 12 nitrogen and oxygen atoms in total. The quantitative estimate of drug-likeness (QED) is 0.483. The van der Waals surface area contributed by atoms with Gasteiger partial charge in [-0.2, -0.15) is 5.26 Å². The first-order valence-electron chi connectivity index (χ1n) is 14.3. The largest absolute Gasteiger partial charge is 0.472 e. The van der Waals surface area contributed by atoms with Crippen molar-refractivity contribution < 1.29 is 33.0 Å². The van der Waals surface area contributed by atoms with Crippen molar-refractivity contribution in [1.29, 1.82) is 5.26 Å². The highest BCUT2D eigenvalue weighted by Gasteiger charge is 2.65. The van der Waals surface area contributed by atoms with Gasteiger partial charge in [-0.05, 0) is 61.5 Å². The molecule has 2 N–H and O–H groups in total. The van der Waals surface area contributed by atoms with Gasteiger partial charge in [0.1, 0.15) is 24.3 Å². The van der Waals surface area contributed by atoms with E-state index in [-0.39, 0.29) is 43.6 Å². The Morgan fingerprint density at radius 1 is 1.38 bits per heavy atom. The summed E-state index contributed by atoms with van der Waals surface area (Å²) in [6.45, 7) is 3.73. The van der Waals surface area contributed by atoms with E-state index in [0.29, 0.717) is 25.0 Å². The first kappa shape index (κ1) is 27.9. The standard InChI is InChI=1S/C29H33FN6O6/c1-3-4-6-20(33-28(40)41-2)25(37)35-13-18-15-9-17(19(30)10-15)22(18)23(35)26(38)36-14-29(11-16(36)12-31)27(39)34-24-21(42-29)7-5-8-32-24/h3,5,7-8,15-20,22-23H,1,4,6,9-11,13-14H2,2H3,(H,33,40)(H,32,34,39). The lowest BCUT2D eigenvalue weighted by Gasteiger charge is -2.37. The zero-order valence-electron chi connectivity index (χ0n) is 23.2. The number of ether oxygens (including phenoxy) is 2. The van der Waals surface area contributed by atoms with Crippen LogP contribution in [0.3, 0.4) is 0 Å². The van der Waals surface area contributed by atoms with Crippen molar-refractivity contribution >= 4 is 29.6 Å². The maximum Gasteiger partial charge on any atom is 0.407 e. The summed E-state index contributed by atoms with van der Waals surface area (Å²) < 4.78 is 25.9. The number of nitriles is 1. The molecule has 1 spiro atoms. The van der Waals surface area contributed by atoms with Crippen LogP contribution >= 0.6 is 0 Å². The predicted molar refractivity (Wildman–Crippen MR) is 144 cm³/mol. The van der Waals surface area contributed by atoms with Crippen molar-refractivity contribution in [2.45, 2.75) is 62.0 Å². The predicted octanol–water partition coefficient (Wildman–Crippen LogP) is 1.79. The maximum absolute atomic E-state index is 15.1. The second-order valence-electron chi connectivity index (χ2n) is 11.9. The molecule has 42 heavy (non-hydrogen) atoms. The van der Waals surface area contributed by atoms with Gasteiger partial charge in [0.05, 0.1) is 19.7 Å². The molecule has 2 saturated carbocycles. The topological polar surface area (TPSA) is 154 Å². The van der Waals surface area contributed by atoms with E-state index in [2.05, 4.69) is 28.3 Å². The van der Waals surface area contributed by atoms with Crippen LogP contribution < -0.4 is 15.4 Å². The van der Waals surface area contributed by atoms with Crippen LogP contribution in [0.25, 0.3) is 0 Å². The molecule has 9 atom stereocenters. The van der Waals surface area contributed by atoms with Crippen molar-refractivity contribution in [3.8, 4) is 11.8 Å². The van der Waals surface area contributed by atoms with E-state index in [4.69, 9.17) is 9.47 Å². The number of rotatable bonds is 6. The first-order valence-corrected chi connectivity index (χ1v) is 14.3. The van der Waals surface area contributed by atoms with E-state index in [1.807, 2.05) is 0 Å². The average molecular weight is 581 g/mol. The summed E-state index contributed by atoms with van der Waals surface area (Å²) in [4.78, 5) is 60.7. The molecule has 0 radical (unpaired) electrons. The van der Waals surface area contributed by atoms with Gasteiger partial charge in [0.25, 0.3) is 5.91 Å². The molecule has 0 aromatic carbocycles. The van der Waals surface area contributed by atoms with Crippen molar-refractivity contribution in [3.05, 3.63) is 31.0 Å². The van der Waals surface area contributed by atoms with E-state index in [0.717, 1.165) is 0 Å². The number of nitrogens with one attached hydrogen (secondary N) is 2. The molecule has 6 rings (SSSR count). The number of hydrogen-bond donors (Lipinski definition) is 2. The lowest BCUT2D eigenvalue weighted by atomic mass is 9.77. The number of amides is 4. The van der Waals surface area contributed by atoms with Crippen LogP contribution in [0.1, 0.15) is 32.1 Å². The lowest BCUT2D eigenvalue weighted by Crippen LogP contribution is -2.58. The molecule has 4 amide bonds. The zero-order chi connectivity index (χ0) is 29.8. The van der Waals surface area contributed by atoms with Crippen LogP contribution in [-0.2, 0) is 19.1 Å². The molecule has 222 valence electrons. The van der Waals surface area contributed by atoms with Crippen molar-refractivity contribution in [2.75, 3.05) is 25.5 Å². The number of methoxy groups -OCH3 is 1. The summed E-state index contributed by atoms with van der Waals surface area (Å²) in [5.74, 6) is -1.80. The highest BCUT2D eigenvalue weighted by molar-refractivity contribution is 6.01. The Labute approximate surface area is 242 Å². The normalized spacial score (nSPS) is 34.6. The van der Waals surface area contributed by atoms with Gasteiger partial charge >= 0.3 is 6.09 Å². The number of aromatic nitrogens is 1. The summed E-state index contributed by atoms with van der Waals surface area (Å²) >= 11 is 0. The van der Waals surface area contributed by atoms with Gasteiger partial charge in [-0.25, -0.2) is 14.2 Å². The number of allylic oxidation sites excluding steroid dienone is 1. The number of likely N-dealkylation sites (tertiary alicyclic amines) is 2. The Hall–Kier alpha value is -4.21. The molecular formula is C29H33FN6O6. The van der Waals surface area contributed by atoms with Crippen LogP contribution in [0.4, 0.5) is 15.0 Å². The fraction of sp³-hybridized carbons (Fsp3) is 0.586. The van der Waals surface area contributed by atoms with Crippen molar-refractivity contribution in [3.63, 3.8) is 0 Å². The Bertz CT molecular complexity index is 1370. The summed E-state index contributed by atoms with van der Waals surface area (Å²) in [6, 6.07) is 2.38. The van der Waals surface area contributed by atoms with Crippen molar-refractivity contribution in [1.82, 2.24) is 20.1 Å². The second-order valence-corrected chi connectivity index (χ2v) is 11.9. The molecule has 13 heteroatoms. The number of anilines is 1. The Morgan fingerprint density at radius 3 is 2.93 bits per heavy atom. The highest BCUT2D eigenvalue weighted by Crippen LogP contribution is 2.59. The fourth-order valence-electron chi connectivity index (χ4n) is 7.87. The SMILES string of the molecule is C=CCCC(NC(=O)OC)C(=O)N1CC2C3CC(F)C(C3)C2C1C(=O)N1CC2(CC1C#N)Oc1cccnc1NC2=O. The van der Waals surface area contributed by atoms with Crippen LogP contribution in [-0.4, -0.2) is 88.7 Å². The fourth-order valence-corrected chi connectivity index (χ4v) is 7.87. The van der Waals surface area contributed by atoms with E-state index in [9.17, 15) is 24.4 Å². The molecular weight excluding hydrogens is 547 g/mol. The monoisotopic (exact) mass is 580 g/mol. The van der Waals surface area contributed by atoms with Gasteiger partial charge in [-0.1, -0.05) is 6.08 Å². The van der Waals surface area contributed by atoms with E-state index >= 15 is 4.39 Å². The number of alkyl carbamates (subject to hydrolysis) is 1. The summed E-state index contributed by atoms with van der Waals surface area (Å²) in [7, 11) is 1.19. The molecule has 1 aromatic rings. The van der Waals surface area contributed by atoms with Gasteiger partial charge in [-0.3, -0.25) is 14.4 Å². The molecule has 3 aliphatic heterocycles. The molecule has 5 aliphatic rings. The third-order valence-electron chi connectivity index (χ3n) is 9.72. The number of carbonyl (C=O) groups excluding carboxylic acids is 4. The minimum atomic E-state index is -1.52. The van der Waals surface area contributed by atoms with Gasteiger partial charge in [0.2, 0.25) is 17.4 Å². The molecule has 1 aromatic heterocycles. The molecule has 2 aliphatic carbocycles. The Balaban J connectivity index is 1.32. The second kappa shape index (κ2) is 10.6. The van der Waals surface area contributed by atoms with Crippen LogP contribution in [0.5, 0.6) is 5.75 Å². The molecule has 4 heterocycles. The van der Waals surface area contributed by atoms with Gasteiger partial charge < -0.3 is 29.9 Å². The van der Waals surface area contributed by atoms with Gasteiger partial charge in [0, 0.05) is 19.2 Å². The first-order chi connectivity index (χ1) is 20.2. The van der Waals surface area contributed by atoms with Crippen molar-refractivity contribution in [2.24, 2.45) is 23.7 Å². The Kier molecular flexibility index (Phi) is 7.03. The number of hydrogen-bond acceptors (Lipinski definition) is 8. The number of carbonyl (C=O) groups is 4. The number of nitrogens with zero attached hydrogens (tertiary/aromatic N) is 4. The highest BCUT2D eigenvalue weighted by atomic mass is 19.1. The molecule has 2 saturated heterocycles. The minimum Gasteiger partial charge on any atom is -0.472 e. The third kappa shape index (κ3) is 4.35. The number of pyridine rings is 1. The van der Waals surface area contributed by atoms with Crippen LogP contribution in [0.2, 0.25) is 0 Å². The van der Waals surface area contributed by atoms with Gasteiger partial charge in [-0.15, -0.1) is 6.58 Å². The summed E-state index contributed by atoms with van der Waals surface area (Å²) in [6.07, 6.45) is 2.88. The minimum absolute atomic E-state index is 0.0384. The smallest absolute Gasteiger partial charge is 0.407 e. The molecule has 4 fully saturated rings. The Morgan fingerprint density at radius 2 is 2.19 bits per heavy atom. The van der Waals surface area contributed by atoms with Crippen LogP contribution in [0, 0.1) is 35.0 Å². The third-order valence-corrected chi connectivity index (χ3v) is 9.72. The summed E-state index contributed by atoms with van der Waals surface area (Å²) in [5.41, 5.74) is -1.52. The van der Waals surface area contributed by atoms with E-state index in [1.54, 1.807) is 18.2 Å².